The zero-order valence-corrected chi connectivity index (χ0v) is 11.3. The van der Waals surface area contributed by atoms with E-state index >= 15 is 0 Å². The lowest BCUT2D eigenvalue weighted by atomic mass is 10.0. The fraction of sp³-hybridized carbons (Fsp3) is 0.308. The zero-order valence-electron chi connectivity index (χ0n) is 10.5. The Hall–Kier alpha value is -1.85. The van der Waals surface area contributed by atoms with Crippen LogP contribution in [0.4, 0.5) is 0 Å². The Balaban J connectivity index is 2.26. The third-order valence-corrected chi connectivity index (χ3v) is 3.28. The third-order valence-electron chi connectivity index (χ3n) is 2.98. The Bertz CT molecular complexity index is 658. The highest BCUT2D eigenvalue weighted by atomic mass is 35.5. The molecule has 0 spiro atoms. The van der Waals surface area contributed by atoms with E-state index in [0.717, 1.165) is 10.9 Å². The number of halogens is 1. The Labute approximate surface area is 120 Å². The second-order valence-corrected chi connectivity index (χ2v) is 4.67. The van der Waals surface area contributed by atoms with E-state index in [4.69, 9.17) is 17.1 Å². The fourth-order valence-electron chi connectivity index (χ4n) is 1.92. The van der Waals surface area contributed by atoms with Gasteiger partial charge in [0.05, 0.1) is 11.6 Å². The fourth-order valence-corrected chi connectivity index (χ4v) is 2.17. The molecular weight excluding hydrogens is 280 g/mol. The average Bonchev–Trinajstić information content (AvgIpc) is 2.46. The Morgan fingerprint density at radius 1 is 1.35 bits per heavy atom. The molecular formula is C13H13ClN4O2. The van der Waals surface area contributed by atoms with Crippen LogP contribution in [0, 0.1) is 0 Å². The number of nitrogens with zero attached hydrogens (tertiary/aromatic N) is 4. The van der Waals surface area contributed by atoms with Crippen molar-refractivity contribution in [3.05, 3.63) is 51.5 Å². The van der Waals surface area contributed by atoms with Crippen LogP contribution in [0.5, 0.6) is 0 Å². The van der Waals surface area contributed by atoms with Gasteiger partial charge in [-0.1, -0.05) is 34.9 Å². The van der Waals surface area contributed by atoms with Crippen molar-refractivity contribution in [2.24, 2.45) is 5.11 Å². The number of aliphatic hydroxyl groups excluding tert-OH is 2. The maximum Gasteiger partial charge on any atom is 0.135 e. The van der Waals surface area contributed by atoms with Crippen LogP contribution in [-0.2, 0) is 0 Å². The molecule has 2 rings (SSSR count). The van der Waals surface area contributed by atoms with E-state index in [-0.39, 0.29) is 18.1 Å². The molecule has 2 unspecified atom stereocenters. The number of para-hydroxylation sites is 1. The minimum absolute atomic E-state index is 0.105. The van der Waals surface area contributed by atoms with Gasteiger partial charge in [0.2, 0.25) is 0 Å². The SMILES string of the molecule is [N-]=[N+]=NCCC(O)C(O)c1cc2ccccc2nc1Cl. The van der Waals surface area contributed by atoms with Gasteiger partial charge in [0.15, 0.2) is 0 Å². The van der Waals surface area contributed by atoms with Crippen LogP contribution in [0.25, 0.3) is 21.3 Å². The van der Waals surface area contributed by atoms with Gasteiger partial charge in [0.1, 0.15) is 11.3 Å². The second kappa shape index (κ2) is 6.54. The number of aliphatic hydroxyl groups is 2. The molecule has 104 valence electrons. The molecule has 0 bridgehead atoms. The molecule has 0 aliphatic heterocycles. The van der Waals surface area contributed by atoms with E-state index < -0.39 is 12.2 Å². The van der Waals surface area contributed by atoms with E-state index in [1.165, 1.54) is 0 Å². The van der Waals surface area contributed by atoms with Crippen LogP contribution in [0.3, 0.4) is 0 Å². The van der Waals surface area contributed by atoms with Crippen molar-refractivity contribution >= 4 is 22.5 Å². The van der Waals surface area contributed by atoms with Gasteiger partial charge in [-0.15, -0.1) is 0 Å². The van der Waals surface area contributed by atoms with E-state index in [2.05, 4.69) is 15.0 Å². The first-order chi connectivity index (χ1) is 9.63. The molecule has 0 aliphatic carbocycles. The molecule has 1 aromatic carbocycles. The molecule has 2 atom stereocenters. The Morgan fingerprint density at radius 3 is 2.85 bits per heavy atom. The van der Waals surface area contributed by atoms with E-state index in [0.29, 0.717) is 5.56 Å². The standard InChI is InChI=1S/C13H13ClN4O2/c14-13-9(12(20)11(19)5-6-16-18-15)7-8-3-1-2-4-10(8)17-13/h1-4,7,11-12,19-20H,5-6H2. The summed E-state index contributed by atoms with van der Waals surface area (Å²) in [6.07, 6.45) is -2.09. The largest absolute Gasteiger partial charge is 0.390 e. The lowest BCUT2D eigenvalue weighted by Gasteiger charge is -2.18. The summed E-state index contributed by atoms with van der Waals surface area (Å²) in [5, 5.41) is 24.3. The van der Waals surface area contributed by atoms with Gasteiger partial charge < -0.3 is 10.2 Å². The predicted molar refractivity (Wildman–Crippen MR) is 76.3 cm³/mol. The van der Waals surface area contributed by atoms with E-state index in [1.807, 2.05) is 24.3 Å². The summed E-state index contributed by atoms with van der Waals surface area (Å²) in [6, 6.07) is 9.06. The highest BCUT2D eigenvalue weighted by Crippen LogP contribution is 2.28. The highest BCUT2D eigenvalue weighted by Gasteiger charge is 2.21. The predicted octanol–water partition coefficient (Wildman–Crippen LogP) is 2.98. The van der Waals surface area contributed by atoms with Crippen LogP contribution in [0.1, 0.15) is 18.1 Å². The summed E-state index contributed by atoms with van der Waals surface area (Å²) in [5.41, 5.74) is 9.26. The van der Waals surface area contributed by atoms with Gasteiger partial charge in [0.25, 0.3) is 0 Å². The highest BCUT2D eigenvalue weighted by molar-refractivity contribution is 6.30. The quantitative estimate of drug-likeness (QED) is 0.383. The zero-order chi connectivity index (χ0) is 14.5. The van der Waals surface area contributed by atoms with Crippen molar-refractivity contribution in [3.63, 3.8) is 0 Å². The molecule has 2 N–H and O–H groups in total. The van der Waals surface area contributed by atoms with Crippen molar-refractivity contribution in [1.29, 1.82) is 0 Å². The van der Waals surface area contributed by atoms with Crippen molar-refractivity contribution in [2.75, 3.05) is 6.54 Å². The topological polar surface area (TPSA) is 102 Å². The van der Waals surface area contributed by atoms with E-state index in [1.54, 1.807) is 6.07 Å². The van der Waals surface area contributed by atoms with Crippen LogP contribution in [0.15, 0.2) is 35.4 Å². The maximum absolute atomic E-state index is 10.1. The normalized spacial score (nSPS) is 13.8. The molecule has 7 heteroatoms. The molecule has 0 fully saturated rings. The molecule has 0 amide bonds. The van der Waals surface area contributed by atoms with Crippen LogP contribution < -0.4 is 0 Å². The van der Waals surface area contributed by atoms with Crippen molar-refractivity contribution in [3.8, 4) is 0 Å². The van der Waals surface area contributed by atoms with Gasteiger partial charge in [-0.25, -0.2) is 4.98 Å². The number of hydrogen-bond donors (Lipinski definition) is 2. The van der Waals surface area contributed by atoms with Crippen molar-refractivity contribution < 1.29 is 10.2 Å². The summed E-state index contributed by atoms with van der Waals surface area (Å²) >= 11 is 6.04. The first-order valence-electron chi connectivity index (χ1n) is 6.05. The molecule has 0 aliphatic rings. The summed E-state index contributed by atoms with van der Waals surface area (Å²) in [5.74, 6) is 0. The Morgan fingerprint density at radius 2 is 2.10 bits per heavy atom. The molecule has 0 radical (unpaired) electrons. The van der Waals surface area contributed by atoms with Crippen molar-refractivity contribution in [2.45, 2.75) is 18.6 Å². The van der Waals surface area contributed by atoms with E-state index in [9.17, 15) is 10.2 Å². The number of rotatable bonds is 5. The first-order valence-corrected chi connectivity index (χ1v) is 6.43. The van der Waals surface area contributed by atoms with Crippen molar-refractivity contribution in [1.82, 2.24) is 4.98 Å². The molecule has 0 saturated heterocycles. The summed E-state index contributed by atoms with van der Waals surface area (Å²) in [6.45, 7) is 0.105. The lowest BCUT2D eigenvalue weighted by molar-refractivity contribution is 0.0150. The summed E-state index contributed by atoms with van der Waals surface area (Å²) < 4.78 is 0. The minimum atomic E-state index is -1.17. The molecule has 6 nitrogen and oxygen atoms in total. The average molecular weight is 293 g/mol. The van der Waals surface area contributed by atoms with Crippen LogP contribution >= 0.6 is 11.6 Å². The first kappa shape index (κ1) is 14.6. The lowest BCUT2D eigenvalue weighted by Crippen LogP contribution is -2.19. The monoisotopic (exact) mass is 292 g/mol. The maximum atomic E-state index is 10.1. The van der Waals surface area contributed by atoms with Gasteiger partial charge >= 0.3 is 0 Å². The number of aromatic nitrogens is 1. The Kier molecular flexibility index (Phi) is 4.76. The summed E-state index contributed by atoms with van der Waals surface area (Å²) in [4.78, 5) is 6.78. The minimum Gasteiger partial charge on any atom is -0.390 e. The molecule has 1 heterocycles. The van der Waals surface area contributed by atoms with Crippen LogP contribution in [0.2, 0.25) is 5.15 Å². The number of pyridine rings is 1. The number of benzene rings is 1. The second-order valence-electron chi connectivity index (χ2n) is 4.32. The molecule has 0 saturated carbocycles. The smallest absolute Gasteiger partial charge is 0.135 e. The number of azide groups is 1. The molecule has 20 heavy (non-hydrogen) atoms. The number of hydrogen-bond acceptors (Lipinski definition) is 4. The summed E-state index contributed by atoms with van der Waals surface area (Å²) in [7, 11) is 0. The van der Waals surface area contributed by atoms with Gasteiger partial charge in [-0.2, -0.15) is 0 Å². The molecule has 2 aromatic rings. The van der Waals surface area contributed by atoms with Crippen LogP contribution in [-0.4, -0.2) is 27.8 Å². The van der Waals surface area contributed by atoms with Gasteiger partial charge in [-0.3, -0.25) is 0 Å². The van der Waals surface area contributed by atoms with Gasteiger partial charge in [-0.05, 0) is 24.1 Å². The molecule has 1 aromatic heterocycles. The number of fused-ring (bicyclic) bond motifs is 1. The van der Waals surface area contributed by atoms with Gasteiger partial charge in [0, 0.05) is 22.4 Å². The third kappa shape index (κ3) is 3.18.